The molecule has 0 atom stereocenters. The molecule has 6 nitrogen and oxygen atoms in total. The van der Waals surface area contributed by atoms with Gasteiger partial charge in [0.2, 0.25) is 4.77 Å². The van der Waals surface area contributed by atoms with Crippen molar-refractivity contribution < 1.29 is 9.47 Å². The van der Waals surface area contributed by atoms with Gasteiger partial charge in [0.25, 0.3) is 0 Å². The van der Waals surface area contributed by atoms with Crippen LogP contribution in [0.5, 0.6) is 11.5 Å². The minimum atomic E-state index is 0.417. The van der Waals surface area contributed by atoms with Crippen molar-refractivity contribution in [1.29, 1.82) is 0 Å². The second kappa shape index (κ2) is 9.40. The Morgan fingerprint density at radius 3 is 2.55 bits per heavy atom. The van der Waals surface area contributed by atoms with Crippen molar-refractivity contribution in [1.82, 2.24) is 14.9 Å². The zero-order chi connectivity index (χ0) is 21.6. The highest BCUT2D eigenvalue weighted by molar-refractivity contribution is 7.71. The van der Waals surface area contributed by atoms with Crippen LogP contribution in [0.3, 0.4) is 0 Å². The Morgan fingerprint density at radius 2 is 1.81 bits per heavy atom. The molecule has 156 valence electrons. The third-order valence-corrected chi connectivity index (χ3v) is 4.97. The van der Waals surface area contributed by atoms with E-state index in [0.29, 0.717) is 28.7 Å². The molecule has 0 unspecified atom stereocenters. The molecular formula is C24H22N4O2S. The van der Waals surface area contributed by atoms with E-state index in [1.807, 2.05) is 79.7 Å². The van der Waals surface area contributed by atoms with Crippen LogP contribution in [0.15, 0.2) is 77.9 Å². The lowest BCUT2D eigenvalue weighted by Crippen LogP contribution is -1.99. The van der Waals surface area contributed by atoms with Crippen LogP contribution in [0.2, 0.25) is 0 Å². The van der Waals surface area contributed by atoms with Crippen LogP contribution in [0.1, 0.15) is 16.7 Å². The van der Waals surface area contributed by atoms with Gasteiger partial charge in [0.15, 0.2) is 17.3 Å². The summed E-state index contributed by atoms with van der Waals surface area (Å²) in [5, 5.41) is 11.7. The predicted octanol–water partition coefficient (Wildman–Crippen LogP) is 5.39. The molecule has 4 rings (SSSR count). The minimum absolute atomic E-state index is 0.417. The summed E-state index contributed by atoms with van der Waals surface area (Å²) in [5.41, 5.74) is 4.03. The van der Waals surface area contributed by atoms with Crippen molar-refractivity contribution in [2.24, 2.45) is 5.10 Å². The van der Waals surface area contributed by atoms with E-state index in [-0.39, 0.29) is 0 Å². The van der Waals surface area contributed by atoms with Crippen molar-refractivity contribution in [3.8, 4) is 22.9 Å². The van der Waals surface area contributed by atoms with E-state index < -0.39 is 0 Å². The molecule has 1 heterocycles. The Morgan fingerprint density at radius 1 is 1.03 bits per heavy atom. The average Bonchev–Trinajstić information content (AvgIpc) is 3.17. The SMILES string of the molecule is COc1ccc(/C=N\n2c(-c3ccc(C)cc3)n[nH]c2=S)cc1OCc1ccccc1. The molecule has 1 aromatic heterocycles. The van der Waals surface area contributed by atoms with Crippen LogP contribution in [0, 0.1) is 11.7 Å². The van der Waals surface area contributed by atoms with Crippen molar-refractivity contribution in [3.05, 3.63) is 94.3 Å². The summed E-state index contributed by atoms with van der Waals surface area (Å²) in [6.07, 6.45) is 1.72. The quantitative estimate of drug-likeness (QED) is 0.316. The van der Waals surface area contributed by atoms with Crippen molar-refractivity contribution in [2.75, 3.05) is 7.11 Å². The van der Waals surface area contributed by atoms with Crippen molar-refractivity contribution in [3.63, 3.8) is 0 Å². The topological polar surface area (TPSA) is 64.4 Å². The summed E-state index contributed by atoms with van der Waals surface area (Å²) in [6, 6.07) is 23.7. The van der Waals surface area contributed by atoms with E-state index in [0.717, 1.165) is 16.7 Å². The van der Waals surface area contributed by atoms with Gasteiger partial charge in [0.1, 0.15) is 6.61 Å². The summed E-state index contributed by atoms with van der Waals surface area (Å²) in [7, 11) is 1.62. The van der Waals surface area contributed by atoms with Gasteiger partial charge >= 0.3 is 0 Å². The molecule has 0 saturated heterocycles. The van der Waals surface area contributed by atoms with E-state index in [1.54, 1.807) is 18.0 Å². The largest absolute Gasteiger partial charge is 0.493 e. The number of hydrogen-bond donors (Lipinski definition) is 1. The maximum atomic E-state index is 5.99. The number of H-pyrrole nitrogens is 1. The predicted molar refractivity (Wildman–Crippen MR) is 124 cm³/mol. The van der Waals surface area contributed by atoms with Crippen LogP contribution in [-0.2, 0) is 6.61 Å². The monoisotopic (exact) mass is 430 g/mol. The molecule has 0 fully saturated rings. The first-order valence-electron chi connectivity index (χ1n) is 9.77. The van der Waals surface area contributed by atoms with Gasteiger partial charge in [-0.3, -0.25) is 0 Å². The number of nitrogens with one attached hydrogen (secondary N) is 1. The zero-order valence-electron chi connectivity index (χ0n) is 17.3. The summed E-state index contributed by atoms with van der Waals surface area (Å²) in [6.45, 7) is 2.49. The van der Waals surface area contributed by atoms with E-state index in [1.165, 1.54) is 5.56 Å². The third kappa shape index (κ3) is 4.90. The Labute approximate surface area is 185 Å². The van der Waals surface area contributed by atoms with Crippen LogP contribution < -0.4 is 9.47 Å². The van der Waals surface area contributed by atoms with Gasteiger partial charge in [-0.05, 0) is 48.5 Å². The molecule has 0 saturated carbocycles. The molecule has 0 spiro atoms. The van der Waals surface area contributed by atoms with Crippen LogP contribution in [-0.4, -0.2) is 28.2 Å². The Kier molecular flexibility index (Phi) is 6.24. The van der Waals surface area contributed by atoms with Gasteiger partial charge in [0.05, 0.1) is 13.3 Å². The first-order valence-corrected chi connectivity index (χ1v) is 10.2. The zero-order valence-corrected chi connectivity index (χ0v) is 18.1. The molecule has 4 aromatic rings. The van der Waals surface area contributed by atoms with E-state index in [4.69, 9.17) is 21.7 Å². The van der Waals surface area contributed by atoms with Crippen LogP contribution >= 0.6 is 12.2 Å². The van der Waals surface area contributed by atoms with E-state index in [9.17, 15) is 0 Å². The lowest BCUT2D eigenvalue weighted by atomic mass is 10.1. The fourth-order valence-electron chi connectivity index (χ4n) is 3.03. The van der Waals surface area contributed by atoms with E-state index in [2.05, 4.69) is 15.3 Å². The van der Waals surface area contributed by atoms with Crippen molar-refractivity contribution in [2.45, 2.75) is 13.5 Å². The Bertz CT molecular complexity index is 1240. The normalized spacial score (nSPS) is 11.0. The molecule has 0 bridgehead atoms. The molecule has 0 radical (unpaired) electrons. The minimum Gasteiger partial charge on any atom is -0.493 e. The average molecular weight is 431 g/mol. The number of rotatable bonds is 7. The lowest BCUT2D eigenvalue weighted by Gasteiger charge is -2.11. The van der Waals surface area contributed by atoms with Gasteiger partial charge in [-0.25, -0.2) is 5.10 Å². The molecule has 1 N–H and O–H groups in total. The number of ether oxygens (including phenoxy) is 2. The van der Waals surface area contributed by atoms with Gasteiger partial charge < -0.3 is 9.47 Å². The Hall–Kier alpha value is -3.71. The summed E-state index contributed by atoms with van der Waals surface area (Å²) < 4.78 is 13.4. The smallest absolute Gasteiger partial charge is 0.216 e. The molecular weight excluding hydrogens is 408 g/mol. The number of nitrogens with zero attached hydrogens (tertiary/aromatic N) is 3. The van der Waals surface area contributed by atoms with Crippen LogP contribution in [0.4, 0.5) is 0 Å². The highest BCUT2D eigenvalue weighted by atomic mass is 32.1. The van der Waals surface area contributed by atoms with E-state index >= 15 is 0 Å². The van der Waals surface area contributed by atoms with Gasteiger partial charge in [-0.15, -0.1) is 0 Å². The number of methoxy groups -OCH3 is 1. The number of aryl methyl sites for hydroxylation is 1. The summed E-state index contributed by atoms with van der Waals surface area (Å²) >= 11 is 5.36. The van der Waals surface area contributed by atoms with Gasteiger partial charge in [-0.1, -0.05) is 60.2 Å². The first kappa shape index (κ1) is 20.6. The second-order valence-corrected chi connectivity index (χ2v) is 7.35. The molecule has 7 heteroatoms. The Balaban J connectivity index is 1.59. The molecule has 0 aliphatic carbocycles. The van der Waals surface area contributed by atoms with Crippen LogP contribution in [0.25, 0.3) is 11.4 Å². The standard InChI is InChI=1S/C24H22N4O2S/c1-17-8-11-20(12-9-17)23-26-27-24(31)28(23)25-15-19-10-13-21(29-2)22(14-19)30-16-18-6-4-3-5-7-18/h3-15H,16H2,1-2H3,(H,27,31)/b25-15-. The highest BCUT2D eigenvalue weighted by Gasteiger charge is 2.09. The lowest BCUT2D eigenvalue weighted by molar-refractivity contribution is 0.284. The summed E-state index contributed by atoms with van der Waals surface area (Å²) in [4.78, 5) is 0. The number of aromatic amines is 1. The third-order valence-electron chi connectivity index (χ3n) is 4.71. The second-order valence-electron chi connectivity index (χ2n) is 6.96. The molecule has 3 aromatic carbocycles. The number of hydrogen-bond acceptors (Lipinski definition) is 5. The molecule has 0 amide bonds. The molecule has 0 aliphatic heterocycles. The summed E-state index contributed by atoms with van der Waals surface area (Å²) in [5.74, 6) is 1.95. The maximum Gasteiger partial charge on any atom is 0.216 e. The number of aromatic nitrogens is 3. The maximum absolute atomic E-state index is 5.99. The fraction of sp³-hybridized carbons (Fsp3) is 0.125. The highest BCUT2D eigenvalue weighted by Crippen LogP contribution is 2.28. The fourth-order valence-corrected chi connectivity index (χ4v) is 3.21. The van der Waals surface area contributed by atoms with Gasteiger partial charge in [0, 0.05) is 5.56 Å². The van der Waals surface area contributed by atoms with Gasteiger partial charge in [-0.2, -0.15) is 14.9 Å². The van der Waals surface area contributed by atoms with Crippen molar-refractivity contribution >= 4 is 18.4 Å². The molecule has 0 aliphatic rings. The first-order chi connectivity index (χ1) is 15.1. The molecule has 31 heavy (non-hydrogen) atoms. The number of benzene rings is 3.